The maximum atomic E-state index is 13.8. The molecule has 0 saturated heterocycles. The van der Waals surface area contributed by atoms with Crippen LogP contribution in [-0.4, -0.2) is 35.4 Å². The summed E-state index contributed by atoms with van der Waals surface area (Å²) in [6.45, 7) is 1.50. The monoisotopic (exact) mass is 428 g/mol. The molecule has 1 aromatic heterocycles. The number of carbonyl (C=O) groups excluding carboxylic acids is 2. The van der Waals surface area contributed by atoms with Crippen LogP contribution in [0.1, 0.15) is 30.8 Å². The van der Waals surface area contributed by atoms with Crippen LogP contribution in [0.25, 0.3) is 11.3 Å². The maximum absolute atomic E-state index is 13.8. The number of carbonyl (C=O) groups is 2. The van der Waals surface area contributed by atoms with E-state index < -0.39 is 17.6 Å². The van der Waals surface area contributed by atoms with Gasteiger partial charge in [-0.25, -0.2) is 13.8 Å². The van der Waals surface area contributed by atoms with Crippen LogP contribution in [0.3, 0.4) is 0 Å². The largest absolute Gasteiger partial charge is 0.456 e. The van der Waals surface area contributed by atoms with Crippen LogP contribution in [-0.2, 0) is 20.7 Å². The molecule has 0 aliphatic carbocycles. The predicted molar refractivity (Wildman–Crippen MR) is 109 cm³/mol. The van der Waals surface area contributed by atoms with E-state index in [0.29, 0.717) is 0 Å². The first kappa shape index (κ1) is 22.1. The van der Waals surface area contributed by atoms with Gasteiger partial charge in [0.1, 0.15) is 11.6 Å². The van der Waals surface area contributed by atoms with Crippen LogP contribution >= 0.6 is 0 Å². The summed E-state index contributed by atoms with van der Waals surface area (Å²) in [4.78, 5) is 29.7. The quantitative estimate of drug-likeness (QED) is 0.500. The molecule has 1 amide bonds. The Morgan fingerprint density at radius 2 is 1.77 bits per heavy atom. The van der Waals surface area contributed by atoms with Crippen molar-refractivity contribution in [3.05, 3.63) is 77.8 Å². The Morgan fingerprint density at radius 1 is 1.10 bits per heavy atom. The van der Waals surface area contributed by atoms with Crippen molar-refractivity contribution in [2.75, 3.05) is 13.7 Å². The number of hydrogen-bond donors (Lipinski definition) is 0. The molecule has 0 unspecified atom stereocenters. The number of oxazole rings is 1. The van der Waals surface area contributed by atoms with E-state index in [9.17, 15) is 18.4 Å². The van der Waals surface area contributed by atoms with E-state index in [1.54, 1.807) is 7.05 Å². The first-order chi connectivity index (χ1) is 14.9. The number of aromatic nitrogens is 1. The molecule has 0 saturated carbocycles. The summed E-state index contributed by atoms with van der Waals surface area (Å²) in [6, 6.07) is 12.8. The van der Waals surface area contributed by atoms with Crippen molar-refractivity contribution in [3.8, 4) is 11.3 Å². The van der Waals surface area contributed by atoms with Gasteiger partial charge in [-0.15, -0.1) is 0 Å². The van der Waals surface area contributed by atoms with Crippen molar-refractivity contribution in [3.63, 3.8) is 0 Å². The van der Waals surface area contributed by atoms with Crippen molar-refractivity contribution in [2.45, 2.75) is 25.8 Å². The fraction of sp³-hybridized carbons (Fsp3) is 0.261. The Morgan fingerprint density at radius 3 is 2.45 bits per heavy atom. The highest BCUT2D eigenvalue weighted by Gasteiger charge is 2.20. The molecular weight excluding hydrogens is 406 g/mol. The highest BCUT2D eigenvalue weighted by atomic mass is 19.1. The first-order valence-corrected chi connectivity index (χ1v) is 9.72. The molecule has 0 bridgehead atoms. The number of likely N-dealkylation sites (N-methyl/N-ethyl adjacent to an activating group) is 1. The van der Waals surface area contributed by atoms with E-state index in [4.69, 9.17) is 9.15 Å². The smallest absolute Gasteiger partial charge is 0.306 e. The second-order valence-corrected chi connectivity index (χ2v) is 6.97. The minimum absolute atomic E-state index is 0.0642. The Hall–Kier alpha value is -3.55. The zero-order chi connectivity index (χ0) is 22.4. The van der Waals surface area contributed by atoms with Crippen molar-refractivity contribution in [1.29, 1.82) is 0 Å². The summed E-state index contributed by atoms with van der Waals surface area (Å²) >= 11 is 0. The first-order valence-electron chi connectivity index (χ1n) is 9.72. The van der Waals surface area contributed by atoms with Gasteiger partial charge in [-0.2, -0.15) is 0 Å². The van der Waals surface area contributed by atoms with Gasteiger partial charge in [0.15, 0.2) is 18.3 Å². The number of nitrogens with zero attached hydrogens (tertiary/aromatic N) is 2. The number of hydrogen-bond acceptors (Lipinski definition) is 5. The normalized spacial score (nSPS) is 11.7. The molecule has 0 radical (unpaired) electrons. The Balaban J connectivity index is 1.48. The number of esters is 1. The van der Waals surface area contributed by atoms with E-state index in [-0.39, 0.29) is 48.6 Å². The summed E-state index contributed by atoms with van der Waals surface area (Å²) in [6.07, 6.45) is 1.18. The zero-order valence-electron chi connectivity index (χ0n) is 17.2. The number of aryl methyl sites for hydroxylation is 1. The summed E-state index contributed by atoms with van der Waals surface area (Å²) < 4.78 is 38.1. The van der Waals surface area contributed by atoms with Gasteiger partial charge in [-0.05, 0) is 24.6 Å². The number of rotatable bonds is 8. The lowest BCUT2D eigenvalue weighted by Gasteiger charge is -2.25. The van der Waals surface area contributed by atoms with Crippen molar-refractivity contribution in [2.24, 2.45) is 0 Å². The summed E-state index contributed by atoms with van der Waals surface area (Å²) in [5.41, 5.74) is 0.653. The van der Waals surface area contributed by atoms with Gasteiger partial charge < -0.3 is 14.1 Å². The van der Waals surface area contributed by atoms with Crippen molar-refractivity contribution >= 4 is 11.9 Å². The van der Waals surface area contributed by atoms with Gasteiger partial charge in [-0.3, -0.25) is 9.59 Å². The summed E-state index contributed by atoms with van der Waals surface area (Å²) in [5.74, 6) is -2.41. The zero-order valence-corrected chi connectivity index (χ0v) is 17.2. The molecule has 2 aromatic carbocycles. The average Bonchev–Trinajstić information content (AvgIpc) is 3.24. The van der Waals surface area contributed by atoms with Crippen molar-refractivity contribution < 1.29 is 27.5 Å². The van der Waals surface area contributed by atoms with Crippen LogP contribution in [0, 0.1) is 11.6 Å². The summed E-state index contributed by atoms with van der Waals surface area (Å²) in [5, 5.41) is 0. The van der Waals surface area contributed by atoms with E-state index in [0.717, 1.165) is 17.7 Å². The third-order valence-electron chi connectivity index (χ3n) is 4.92. The molecule has 162 valence electrons. The van der Waals surface area contributed by atoms with Gasteiger partial charge in [0.25, 0.3) is 5.91 Å². The molecule has 1 heterocycles. The van der Waals surface area contributed by atoms with Crippen LogP contribution in [0.5, 0.6) is 0 Å². The Kier molecular flexibility index (Phi) is 7.12. The molecule has 6 nitrogen and oxygen atoms in total. The number of benzene rings is 2. The number of halogens is 2. The third kappa shape index (κ3) is 5.53. The van der Waals surface area contributed by atoms with Gasteiger partial charge in [0, 0.05) is 13.5 Å². The molecule has 0 fully saturated rings. The molecule has 8 heteroatoms. The molecule has 0 aliphatic heterocycles. The van der Waals surface area contributed by atoms with Crippen LogP contribution in [0.15, 0.2) is 59.1 Å². The van der Waals surface area contributed by atoms with Gasteiger partial charge in [-0.1, -0.05) is 36.4 Å². The SMILES string of the molecule is C[C@@H](c1ccccc1)N(C)C(=O)COC(=O)CCc1ncc(-c2c(F)cccc2F)o1. The van der Waals surface area contributed by atoms with E-state index >= 15 is 0 Å². The summed E-state index contributed by atoms with van der Waals surface area (Å²) in [7, 11) is 1.64. The predicted octanol–water partition coefficient (Wildman–Crippen LogP) is 4.32. The lowest BCUT2D eigenvalue weighted by atomic mass is 10.1. The highest BCUT2D eigenvalue weighted by molar-refractivity contribution is 5.80. The van der Waals surface area contributed by atoms with Gasteiger partial charge >= 0.3 is 5.97 Å². The minimum Gasteiger partial charge on any atom is -0.456 e. The van der Waals surface area contributed by atoms with Crippen molar-refractivity contribution in [1.82, 2.24) is 9.88 Å². The topological polar surface area (TPSA) is 72.6 Å². The third-order valence-corrected chi connectivity index (χ3v) is 4.92. The van der Waals surface area contributed by atoms with Crippen LogP contribution < -0.4 is 0 Å². The molecule has 31 heavy (non-hydrogen) atoms. The van der Waals surface area contributed by atoms with E-state index in [2.05, 4.69) is 4.98 Å². The molecule has 0 spiro atoms. The minimum atomic E-state index is -0.769. The standard InChI is InChI=1S/C23H22F2N2O4/c1-15(16-7-4-3-5-8-16)27(2)21(28)14-30-22(29)12-11-20-26-13-19(31-20)23-17(24)9-6-10-18(23)25/h3-10,13,15H,11-12,14H2,1-2H3/t15-/m0/s1. The molecular formula is C23H22F2N2O4. The molecule has 3 aromatic rings. The van der Waals surface area contributed by atoms with Gasteiger partial charge in [0.2, 0.25) is 0 Å². The Bertz CT molecular complexity index is 1030. The van der Waals surface area contributed by atoms with Gasteiger partial charge in [0.05, 0.1) is 24.2 Å². The Labute approximate surface area is 178 Å². The average molecular weight is 428 g/mol. The lowest BCUT2D eigenvalue weighted by molar-refractivity contribution is -0.152. The fourth-order valence-electron chi connectivity index (χ4n) is 2.97. The lowest BCUT2D eigenvalue weighted by Crippen LogP contribution is -2.33. The second kappa shape index (κ2) is 9.97. The molecule has 0 aliphatic rings. The second-order valence-electron chi connectivity index (χ2n) is 6.97. The van der Waals surface area contributed by atoms with Crippen LogP contribution in [0.2, 0.25) is 0 Å². The van der Waals surface area contributed by atoms with Crippen LogP contribution in [0.4, 0.5) is 8.78 Å². The maximum Gasteiger partial charge on any atom is 0.306 e. The fourth-order valence-corrected chi connectivity index (χ4v) is 2.97. The van der Waals surface area contributed by atoms with E-state index in [1.807, 2.05) is 37.3 Å². The molecule has 3 rings (SSSR count). The number of amides is 1. The highest BCUT2D eigenvalue weighted by Crippen LogP contribution is 2.26. The molecule has 0 N–H and O–H groups in total. The molecule has 1 atom stereocenters. The van der Waals surface area contributed by atoms with E-state index in [1.165, 1.54) is 17.2 Å². The number of ether oxygens (including phenoxy) is 1.